The Morgan fingerprint density at radius 1 is 1.25 bits per heavy atom. The molecule has 2 heteroatoms. The highest BCUT2D eigenvalue weighted by molar-refractivity contribution is 6.30. The van der Waals surface area contributed by atoms with Gasteiger partial charge in [-0.2, -0.15) is 0 Å². The highest BCUT2D eigenvalue weighted by Crippen LogP contribution is 2.28. The van der Waals surface area contributed by atoms with E-state index in [4.69, 9.17) is 11.6 Å². The van der Waals surface area contributed by atoms with Gasteiger partial charge < -0.3 is 5.32 Å². The first-order chi connectivity index (χ1) is 7.78. The molecule has 2 atom stereocenters. The van der Waals surface area contributed by atoms with Crippen molar-refractivity contribution in [3.05, 3.63) is 29.3 Å². The summed E-state index contributed by atoms with van der Waals surface area (Å²) < 4.78 is 0. The molecule has 0 radical (unpaired) electrons. The van der Waals surface area contributed by atoms with Gasteiger partial charge in [-0.25, -0.2) is 0 Å². The molecule has 1 N–H and O–H groups in total. The minimum Gasteiger partial charge on any atom is -0.382 e. The number of rotatable bonds is 3. The standard InChI is InChI=1S/C14H20ClN/c1-2-11-4-3-5-14(10-11)16-13-8-6-12(15)7-9-13/h6-9,11,14,16H,2-5,10H2,1H3. The van der Waals surface area contributed by atoms with Crippen LogP contribution in [0.25, 0.3) is 0 Å². The van der Waals surface area contributed by atoms with E-state index in [2.05, 4.69) is 24.4 Å². The lowest BCUT2D eigenvalue weighted by molar-refractivity contribution is 0.327. The zero-order valence-corrected chi connectivity index (χ0v) is 10.6. The number of nitrogens with one attached hydrogen (secondary N) is 1. The van der Waals surface area contributed by atoms with Gasteiger partial charge in [-0.1, -0.05) is 37.8 Å². The zero-order chi connectivity index (χ0) is 11.4. The molecular formula is C14H20ClN. The summed E-state index contributed by atoms with van der Waals surface area (Å²) >= 11 is 5.87. The van der Waals surface area contributed by atoms with Crippen molar-refractivity contribution in [1.82, 2.24) is 0 Å². The Bertz CT molecular complexity index is 320. The van der Waals surface area contributed by atoms with Crippen LogP contribution < -0.4 is 5.32 Å². The summed E-state index contributed by atoms with van der Waals surface area (Å²) in [5, 5.41) is 4.42. The molecule has 0 aromatic heterocycles. The minimum atomic E-state index is 0.653. The van der Waals surface area contributed by atoms with E-state index in [9.17, 15) is 0 Å². The number of hydrogen-bond donors (Lipinski definition) is 1. The lowest BCUT2D eigenvalue weighted by Gasteiger charge is -2.29. The molecule has 88 valence electrons. The summed E-state index contributed by atoms with van der Waals surface area (Å²) in [6.45, 7) is 2.30. The van der Waals surface area contributed by atoms with E-state index in [1.54, 1.807) is 0 Å². The highest BCUT2D eigenvalue weighted by atomic mass is 35.5. The Morgan fingerprint density at radius 2 is 2.00 bits per heavy atom. The van der Waals surface area contributed by atoms with Crippen molar-refractivity contribution in [2.24, 2.45) is 5.92 Å². The van der Waals surface area contributed by atoms with E-state index in [1.165, 1.54) is 37.8 Å². The predicted octanol–water partition coefficient (Wildman–Crippen LogP) is 4.72. The summed E-state index contributed by atoms with van der Waals surface area (Å²) in [6.07, 6.45) is 6.72. The van der Waals surface area contributed by atoms with E-state index in [-0.39, 0.29) is 0 Å². The first kappa shape index (κ1) is 11.8. The van der Waals surface area contributed by atoms with Crippen molar-refractivity contribution in [2.45, 2.75) is 45.1 Å². The molecule has 1 aromatic carbocycles. The second-order valence-corrected chi connectivity index (χ2v) is 5.23. The maximum Gasteiger partial charge on any atom is 0.0407 e. The number of benzene rings is 1. The maximum atomic E-state index is 5.87. The molecule has 0 bridgehead atoms. The van der Waals surface area contributed by atoms with Gasteiger partial charge in [0.15, 0.2) is 0 Å². The molecule has 16 heavy (non-hydrogen) atoms. The van der Waals surface area contributed by atoms with Crippen molar-refractivity contribution in [2.75, 3.05) is 5.32 Å². The molecule has 0 amide bonds. The van der Waals surface area contributed by atoms with Crippen molar-refractivity contribution >= 4 is 17.3 Å². The van der Waals surface area contributed by atoms with Gasteiger partial charge in [0.2, 0.25) is 0 Å². The average molecular weight is 238 g/mol. The smallest absolute Gasteiger partial charge is 0.0407 e. The van der Waals surface area contributed by atoms with Crippen LogP contribution in [-0.2, 0) is 0 Å². The fourth-order valence-electron chi connectivity index (χ4n) is 2.57. The lowest BCUT2D eigenvalue weighted by atomic mass is 9.84. The van der Waals surface area contributed by atoms with Crippen LogP contribution in [0.1, 0.15) is 39.0 Å². The molecule has 0 aliphatic heterocycles. The van der Waals surface area contributed by atoms with Gasteiger partial charge in [0.25, 0.3) is 0 Å². The van der Waals surface area contributed by atoms with E-state index < -0.39 is 0 Å². The Labute approximate surface area is 103 Å². The monoisotopic (exact) mass is 237 g/mol. The van der Waals surface area contributed by atoms with Crippen molar-refractivity contribution < 1.29 is 0 Å². The molecule has 2 rings (SSSR count). The van der Waals surface area contributed by atoms with E-state index in [0.29, 0.717) is 6.04 Å². The van der Waals surface area contributed by atoms with E-state index in [1.807, 2.05) is 12.1 Å². The molecule has 0 spiro atoms. The van der Waals surface area contributed by atoms with E-state index >= 15 is 0 Å². The Hall–Kier alpha value is -0.690. The van der Waals surface area contributed by atoms with Crippen LogP contribution in [0.2, 0.25) is 5.02 Å². The van der Waals surface area contributed by atoms with Gasteiger partial charge >= 0.3 is 0 Å². The van der Waals surface area contributed by atoms with Crippen LogP contribution in [0.4, 0.5) is 5.69 Å². The topological polar surface area (TPSA) is 12.0 Å². The molecule has 1 aliphatic carbocycles. The second kappa shape index (κ2) is 5.58. The molecule has 1 aromatic rings. The minimum absolute atomic E-state index is 0.653. The fraction of sp³-hybridized carbons (Fsp3) is 0.571. The first-order valence-corrected chi connectivity index (χ1v) is 6.68. The van der Waals surface area contributed by atoms with Gasteiger partial charge in [0, 0.05) is 16.8 Å². The van der Waals surface area contributed by atoms with Crippen molar-refractivity contribution in [1.29, 1.82) is 0 Å². The first-order valence-electron chi connectivity index (χ1n) is 6.30. The average Bonchev–Trinajstić information content (AvgIpc) is 2.32. The summed E-state index contributed by atoms with van der Waals surface area (Å²) in [5.74, 6) is 0.915. The SMILES string of the molecule is CCC1CCCC(Nc2ccc(Cl)cc2)C1. The molecular weight excluding hydrogens is 218 g/mol. The predicted molar refractivity (Wildman–Crippen MR) is 71.1 cm³/mol. The molecule has 1 fully saturated rings. The largest absolute Gasteiger partial charge is 0.382 e. The summed E-state index contributed by atoms with van der Waals surface area (Å²) in [6, 6.07) is 8.68. The molecule has 1 aliphatic rings. The number of halogens is 1. The highest BCUT2D eigenvalue weighted by Gasteiger charge is 2.20. The van der Waals surface area contributed by atoms with Crippen LogP contribution in [0, 0.1) is 5.92 Å². The van der Waals surface area contributed by atoms with Gasteiger partial charge in [-0.15, -0.1) is 0 Å². The Kier molecular flexibility index (Phi) is 4.11. The summed E-state index contributed by atoms with van der Waals surface area (Å²) in [5.41, 5.74) is 1.20. The van der Waals surface area contributed by atoms with Crippen LogP contribution in [0.3, 0.4) is 0 Å². The van der Waals surface area contributed by atoms with Gasteiger partial charge in [0.05, 0.1) is 0 Å². The van der Waals surface area contributed by atoms with Crippen LogP contribution in [0.15, 0.2) is 24.3 Å². The number of hydrogen-bond acceptors (Lipinski definition) is 1. The molecule has 0 saturated heterocycles. The summed E-state index contributed by atoms with van der Waals surface area (Å²) in [4.78, 5) is 0. The lowest BCUT2D eigenvalue weighted by Crippen LogP contribution is -2.26. The Balaban J connectivity index is 1.91. The van der Waals surface area contributed by atoms with Crippen LogP contribution in [0.5, 0.6) is 0 Å². The molecule has 0 heterocycles. The van der Waals surface area contributed by atoms with Gasteiger partial charge in [-0.05, 0) is 43.0 Å². The third-order valence-corrected chi connectivity index (χ3v) is 3.83. The third-order valence-electron chi connectivity index (χ3n) is 3.58. The molecule has 1 nitrogen and oxygen atoms in total. The van der Waals surface area contributed by atoms with E-state index in [0.717, 1.165) is 10.9 Å². The van der Waals surface area contributed by atoms with Gasteiger partial charge in [0.1, 0.15) is 0 Å². The molecule has 2 unspecified atom stereocenters. The van der Waals surface area contributed by atoms with Gasteiger partial charge in [-0.3, -0.25) is 0 Å². The zero-order valence-electron chi connectivity index (χ0n) is 9.88. The maximum absolute atomic E-state index is 5.87. The molecule has 1 saturated carbocycles. The quantitative estimate of drug-likeness (QED) is 0.802. The third kappa shape index (κ3) is 3.15. The van der Waals surface area contributed by atoms with Crippen molar-refractivity contribution in [3.63, 3.8) is 0 Å². The van der Waals surface area contributed by atoms with Crippen LogP contribution >= 0.6 is 11.6 Å². The van der Waals surface area contributed by atoms with Crippen molar-refractivity contribution in [3.8, 4) is 0 Å². The van der Waals surface area contributed by atoms with Crippen LogP contribution in [-0.4, -0.2) is 6.04 Å². The summed E-state index contributed by atoms with van der Waals surface area (Å²) in [7, 11) is 0. The number of anilines is 1. The Morgan fingerprint density at radius 3 is 2.69 bits per heavy atom. The fourth-order valence-corrected chi connectivity index (χ4v) is 2.70. The normalized spacial score (nSPS) is 25.4. The second-order valence-electron chi connectivity index (χ2n) is 4.79.